The smallest absolute Gasteiger partial charge is 0.252 e. The molecule has 0 saturated carbocycles. The van der Waals surface area contributed by atoms with E-state index in [0.29, 0.717) is 19.6 Å². The number of amides is 1. The Bertz CT molecular complexity index is 530. The number of thiophene rings is 1. The van der Waals surface area contributed by atoms with Gasteiger partial charge in [-0.25, -0.2) is 10.0 Å². The van der Waals surface area contributed by atoms with Gasteiger partial charge in [0.1, 0.15) is 5.01 Å². The van der Waals surface area contributed by atoms with Crippen molar-refractivity contribution in [2.75, 3.05) is 13.2 Å². The number of nitrogens with zero attached hydrogens (tertiary/aromatic N) is 2. The summed E-state index contributed by atoms with van der Waals surface area (Å²) < 4.78 is 0. The van der Waals surface area contributed by atoms with E-state index >= 15 is 0 Å². The number of aromatic nitrogens is 1. The number of hydrogen-bond acceptors (Lipinski definition) is 5. The molecule has 3 rings (SSSR count). The lowest BCUT2D eigenvalue weighted by atomic mass is 10.3. The first-order valence-corrected chi connectivity index (χ1v) is 7.55. The molecule has 6 heteroatoms. The van der Waals surface area contributed by atoms with Gasteiger partial charge in [0.2, 0.25) is 0 Å². The fourth-order valence-corrected chi connectivity index (χ4v) is 3.33. The third-order valence-corrected chi connectivity index (χ3v) is 4.31. The molecule has 0 aliphatic carbocycles. The first-order chi connectivity index (χ1) is 8.83. The van der Waals surface area contributed by atoms with E-state index in [9.17, 15) is 4.79 Å². The van der Waals surface area contributed by atoms with E-state index in [1.54, 1.807) is 22.7 Å². The predicted octanol–water partition coefficient (Wildman–Crippen LogP) is 2.58. The molecule has 0 bridgehead atoms. The Balaban J connectivity index is 1.68. The van der Waals surface area contributed by atoms with Gasteiger partial charge in [0.05, 0.1) is 25.3 Å². The van der Waals surface area contributed by atoms with Crippen LogP contribution in [0.1, 0.15) is 12.1 Å². The highest BCUT2D eigenvalue weighted by atomic mass is 32.1. The van der Waals surface area contributed by atoms with Gasteiger partial charge in [-0.1, -0.05) is 0 Å². The average Bonchev–Trinajstić information content (AvgIpc) is 3.12. The Morgan fingerprint density at radius 1 is 1.50 bits per heavy atom. The molecule has 0 aromatic carbocycles. The van der Waals surface area contributed by atoms with Crippen molar-refractivity contribution >= 4 is 28.6 Å². The normalized spacial score (nSPS) is 15.2. The number of carbonyl (C=O) groups is 1. The van der Waals surface area contributed by atoms with Gasteiger partial charge in [0, 0.05) is 16.3 Å². The molecule has 1 aliphatic heterocycles. The minimum Gasteiger partial charge on any atom is -0.272 e. The molecule has 1 fully saturated rings. The Morgan fingerprint density at radius 2 is 2.44 bits per heavy atom. The molecule has 18 heavy (non-hydrogen) atoms. The highest BCUT2D eigenvalue weighted by Gasteiger charge is 2.20. The highest BCUT2D eigenvalue weighted by Crippen LogP contribution is 2.26. The van der Waals surface area contributed by atoms with E-state index in [-0.39, 0.29) is 5.91 Å². The van der Waals surface area contributed by atoms with Gasteiger partial charge in [0.25, 0.3) is 5.91 Å². The quantitative estimate of drug-likeness (QED) is 0.868. The topological polar surface area (TPSA) is 42.4 Å². The van der Waals surface area contributed by atoms with Crippen LogP contribution in [0.25, 0.3) is 10.6 Å². The maximum atomic E-state index is 11.9. The second-order valence-corrected chi connectivity index (χ2v) is 5.65. The number of hydrogen-bond donors (Lipinski definition) is 0. The van der Waals surface area contributed by atoms with Crippen molar-refractivity contribution in [1.29, 1.82) is 0 Å². The molecule has 4 nitrogen and oxygen atoms in total. The molecule has 1 saturated heterocycles. The minimum atomic E-state index is -0.00494. The molecule has 3 heterocycles. The first kappa shape index (κ1) is 11.8. The Kier molecular flexibility index (Phi) is 3.40. The summed E-state index contributed by atoms with van der Waals surface area (Å²) >= 11 is 3.23. The van der Waals surface area contributed by atoms with E-state index < -0.39 is 0 Å². The van der Waals surface area contributed by atoms with E-state index in [1.165, 1.54) is 5.06 Å². The fourth-order valence-electron chi connectivity index (χ4n) is 1.79. The van der Waals surface area contributed by atoms with Crippen LogP contribution in [0.4, 0.5) is 0 Å². The van der Waals surface area contributed by atoms with Gasteiger partial charge in [0.15, 0.2) is 0 Å². The van der Waals surface area contributed by atoms with Gasteiger partial charge < -0.3 is 0 Å². The standard InChI is InChI=1S/C12H12N2O2S2/c15-11(14-3-1-4-16-14)6-10-8-18-12(13-10)9-2-5-17-7-9/h2,5,7-8H,1,3-4,6H2. The van der Waals surface area contributed by atoms with Crippen molar-refractivity contribution in [2.24, 2.45) is 0 Å². The zero-order chi connectivity index (χ0) is 12.4. The maximum Gasteiger partial charge on any atom is 0.252 e. The molecule has 1 aliphatic rings. The van der Waals surface area contributed by atoms with E-state index in [0.717, 1.165) is 22.7 Å². The summed E-state index contributed by atoms with van der Waals surface area (Å²) in [6.07, 6.45) is 1.24. The number of thiazole rings is 1. The van der Waals surface area contributed by atoms with Gasteiger partial charge in [-0.05, 0) is 17.9 Å². The molecular formula is C12H12N2O2S2. The lowest BCUT2D eigenvalue weighted by Crippen LogP contribution is -2.28. The third-order valence-electron chi connectivity index (χ3n) is 2.68. The molecule has 0 N–H and O–H groups in total. The predicted molar refractivity (Wildman–Crippen MR) is 71.4 cm³/mol. The molecule has 2 aromatic rings. The third kappa shape index (κ3) is 2.45. The van der Waals surface area contributed by atoms with Gasteiger partial charge in [-0.3, -0.25) is 9.63 Å². The SMILES string of the molecule is O=C(Cc1csc(-c2ccsc2)n1)N1CCCO1. The first-order valence-electron chi connectivity index (χ1n) is 5.73. The average molecular weight is 280 g/mol. The lowest BCUT2D eigenvalue weighted by molar-refractivity contribution is -0.167. The maximum absolute atomic E-state index is 11.9. The van der Waals surface area contributed by atoms with E-state index in [4.69, 9.17) is 4.84 Å². The van der Waals surface area contributed by atoms with Crippen molar-refractivity contribution < 1.29 is 9.63 Å². The van der Waals surface area contributed by atoms with Crippen LogP contribution in [0.2, 0.25) is 0 Å². The Morgan fingerprint density at radius 3 is 3.17 bits per heavy atom. The lowest BCUT2D eigenvalue weighted by Gasteiger charge is -2.12. The number of rotatable bonds is 3. The summed E-state index contributed by atoms with van der Waals surface area (Å²) in [5.74, 6) is -0.00494. The second kappa shape index (κ2) is 5.17. The van der Waals surface area contributed by atoms with E-state index in [2.05, 4.69) is 10.4 Å². The van der Waals surface area contributed by atoms with Gasteiger partial charge in [-0.15, -0.1) is 11.3 Å². The molecular weight excluding hydrogens is 268 g/mol. The number of carbonyl (C=O) groups excluding carboxylic acids is 1. The largest absolute Gasteiger partial charge is 0.272 e. The second-order valence-electron chi connectivity index (χ2n) is 4.02. The van der Waals surface area contributed by atoms with Crippen molar-refractivity contribution in [1.82, 2.24) is 10.0 Å². The molecule has 0 radical (unpaired) electrons. The summed E-state index contributed by atoms with van der Waals surface area (Å²) in [4.78, 5) is 21.6. The molecule has 94 valence electrons. The summed E-state index contributed by atoms with van der Waals surface area (Å²) in [6, 6.07) is 2.04. The van der Waals surface area contributed by atoms with E-state index in [1.807, 2.05) is 16.8 Å². The van der Waals surface area contributed by atoms with Crippen molar-refractivity contribution in [3.8, 4) is 10.6 Å². The number of hydroxylamine groups is 2. The van der Waals surface area contributed by atoms with Crippen LogP contribution in [0, 0.1) is 0 Å². The zero-order valence-corrected chi connectivity index (χ0v) is 11.3. The highest BCUT2D eigenvalue weighted by molar-refractivity contribution is 7.14. The fraction of sp³-hybridized carbons (Fsp3) is 0.333. The molecule has 2 aromatic heterocycles. The summed E-state index contributed by atoms with van der Waals surface area (Å²) in [6.45, 7) is 1.34. The summed E-state index contributed by atoms with van der Waals surface area (Å²) in [5, 5.41) is 8.46. The van der Waals surface area contributed by atoms with Crippen molar-refractivity contribution in [3.63, 3.8) is 0 Å². The Labute approximate surface area is 113 Å². The van der Waals surface area contributed by atoms with Crippen molar-refractivity contribution in [3.05, 3.63) is 27.9 Å². The molecule has 0 atom stereocenters. The zero-order valence-electron chi connectivity index (χ0n) is 9.67. The summed E-state index contributed by atoms with van der Waals surface area (Å²) in [7, 11) is 0. The van der Waals surface area contributed by atoms with Crippen LogP contribution in [-0.2, 0) is 16.1 Å². The van der Waals surface area contributed by atoms with Gasteiger partial charge in [-0.2, -0.15) is 11.3 Å². The van der Waals surface area contributed by atoms with Crippen LogP contribution in [-0.4, -0.2) is 29.1 Å². The summed E-state index contributed by atoms with van der Waals surface area (Å²) in [5.41, 5.74) is 1.95. The monoisotopic (exact) mass is 280 g/mol. The van der Waals surface area contributed by atoms with Crippen LogP contribution in [0.5, 0.6) is 0 Å². The van der Waals surface area contributed by atoms with Crippen molar-refractivity contribution in [2.45, 2.75) is 12.8 Å². The molecule has 0 spiro atoms. The van der Waals surface area contributed by atoms with Gasteiger partial charge >= 0.3 is 0 Å². The minimum absolute atomic E-state index is 0.00494. The Hall–Kier alpha value is -1.24. The molecule has 1 amide bonds. The molecule has 0 unspecified atom stereocenters. The van der Waals surface area contributed by atoms with Crippen LogP contribution >= 0.6 is 22.7 Å². The van der Waals surface area contributed by atoms with Crippen LogP contribution in [0.3, 0.4) is 0 Å². The van der Waals surface area contributed by atoms with Crippen LogP contribution in [0.15, 0.2) is 22.2 Å². The van der Waals surface area contributed by atoms with Crippen LogP contribution < -0.4 is 0 Å².